The molecule has 0 radical (unpaired) electrons. The van der Waals surface area contributed by atoms with E-state index >= 15 is 0 Å². The average molecular weight is 327 g/mol. The number of anilines is 1. The first-order chi connectivity index (χ1) is 11.6. The van der Waals surface area contributed by atoms with E-state index in [0.29, 0.717) is 29.8 Å². The van der Waals surface area contributed by atoms with Gasteiger partial charge in [0.2, 0.25) is 5.91 Å². The number of rotatable bonds is 4. The Bertz CT molecular complexity index is 823. The van der Waals surface area contributed by atoms with Crippen LogP contribution in [-0.4, -0.2) is 51.0 Å². The predicted molar refractivity (Wildman–Crippen MR) is 86.5 cm³/mol. The van der Waals surface area contributed by atoms with Gasteiger partial charge >= 0.3 is 5.97 Å². The number of hydrogen-bond donors (Lipinski definition) is 3. The molecule has 1 amide bonds. The van der Waals surface area contributed by atoms with Crippen LogP contribution in [0.2, 0.25) is 0 Å². The highest BCUT2D eigenvalue weighted by Crippen LogP contribution is 2.27. The van der Waals surface area contributed by atoms with Crippen molar-refractivity contribution in [3.05, 3.63) is 24.0 Å². The van der Waals surface area contributed by atoms with Gasteiger partial charge in [0.25, 0.3) is 0 Å². The van der Waals surface area contributed by atoms with Gasteiger partial charge in [-0.15, -0.1) is 0 Å². The monoisotopic (exact) mass is 327 g/mol. The fourth-order valence-electron chi connectivity index (χ4n) is 3.03. The van der Waals surface area contributed by atoms with Crippen molar-refractivity contribution < 1.29 is 14.7 Å². The largest absolute Gasteiger partial charge is 0.478 e. The van der Waals surface area contributed by atoms with Crippen LogP contribution in [0, 0.1) is 11.3 Å². The maximum Gasteiger partial charge on any atom is 0.339 e. The van der Waals surface area contributed by atoms with Crippen LogP contribution in [0.5, 0.6) is 0 Å². The van der Waals surface area contributed by atoms with Crippen molar-refractivity contribution >= 4 is 28.6 Å². The second kappa shape index (κ2) is 6.58. The van der Waals surface area contributed by atoms with Gasteiger partial charge in [0.15, 0.2) is 0 Å². The van der Waals surface area contributed by atoms with Gasteiger partial charge < -0.3 is 20.3 Å². The highest BCUT2D eigenvalue weighted by molar-refractivity contribution is 6.03. The second-order valence-electron chi connectivity index (χ2n) is 5.75. The molecular weight excluding hydrogens is 310 g/mol. The Balaban J connectivity index is 1.85. The van der Waals surface area contributed by atoms with E-state index in [1.54, 1.807) is 17.2 Å². The molecule has 0 aromatic carbocycles. The van der Waals surface area contributed by atoms with Crippen molar-refractivity contribution in [3.63, 3.8) is 0 Å². The molecule has 3 rings (SSSR count). The van der Waals surface area contributed by atoms with Gasteiger partial charge in [0, 0.05) is 36.9 Å². The predicted octanol–water partition coefficient (Wildman–Crippen LogP) is 1.58. The van der Waals surface area contributed by atoms with Crippen LogP contribution in [0.1, 0.15) is 29.6 Å². The van der Waals surface area contributed by atoms with Crippen molar-refractivity contribution in [3.8, 4) is 6.07 Å². The lowest BCUT2D eigenvalue weighted by Gasteiger charge is -2.33. The number of carbonyl (C=O) groups excluding carboxylic acids is 1. The zero-order chi connectivity index (χ0) is 17.1. The number of carboxylic acid groups (broad SMARTS) is 1. The van der Waals surface area contributed by atoms with E-state index in [2.05, 4.69) is 15.3 Å². The molecular formula is C16H17N5O3. The van der Waals surface area contributed by atoms with Crippen LogP contribution in [0.25, 0.3) is 11.0 Å². The lowest BCUT2D eigenvalue weighted by Crippen LogP contribution is -2.45. The minimum atomic E-state index is -1.05. The summed E-state index contributed by atoms with van der Waals surface area (Å²) < 4.78 is 0. The Kier molecular flexibility index (Phi) is 4.33. The molecule has 3 heterocycles. The van der Waals surface area contributed by atoms with Crippen LogP contribution in [-0.2, 0) is 4.79 Å². The fraction of sp³-hybridized carbons (Fsp3) is 0.375. The molecule has 0 aliphatic carbocycles. The Hall–Kier alpha value is -3.08. The smallest absolute Gasteiger partial charge is 0.339 e. The molecule has 0 spiro atoms. The van der Waals surface area contributed by atoms with E-state index < -0.39 is 5.97 Å². The molecule has 1 saturated heterocycles. The standard InChI is InChI=1S/C16H17N5O3/c17-5-3-13(22)21-7-1-2-10(9-21)20-14-11-4-6-18-15(11)19-8-12(14)16(23)24/h4,6,8,10H,1-3,7,9H2,(H,23,24)(H2,18,19,20)/t10-/m0/s1. The summed E-state index contributed by atoms with van der Waals surface area (Å²) in [6.07, 6.45) is 4.52. The van der Waals surface area contributed by atoms with Crippen LogP contribution in [0.15, 0.2) is 18.5 Å². The first-order valence-corrected chi connectivity index (χ1v) is 7.70. The summed E-state index contributed by atoms with van der Waals surface area (Å²) >= 11 is 0. The third kappa shape index (κ3) is 3.01. The van der Waals surface area contributed by atoms with Gasteiger partial charge in [0.05, 0.1) is 11.8 Å². The number of likely N-dealkylation sites (tertiary alicyclic amines) is 1. The molecule has 124 valence electrons. The summed E-state index contributed by atoms with van der Waals surface area (Å²) in [6.45, 7) is 1.08. The van der Waals surface area contributed by atoms with Gasteiger partial charge in [-0.05, 0) is 18.9 Å². The Morgan fingerprint density at radius 3 is 3.12 bits per heavy atom. The topological polar surface area (TPSA) is 122 Å². The van der Waals surface area contributed by atoms with E-state index in [-0.39, 0.29) is 23.9 Å². The van der Waals surface area contributed by atoms with E-state index in [9.17, 15) is 14.7 Å². The molecule has 2 aromatic heterocycles. The van der Waals surface area contributed by atoms with Gasteiger partial charge in [0.1, 0.15) is 17.6 Å². The summed E-state index contributed by atoms with van der Waals surface area (Å²) in [5, 5.41) is 22.1. The van der Waals surface area contributed by atoms with Crippen molar-refractivity contribution in [1.82, 2.24) is 14.9 Å². The summed E-state index contributed by atoms with van der Waals surface area (Å²) in [5.41, 5.74) is 1.21. The molecule has 2 aromatic rings. The minimum absolute atomic E-state index is 0.0695. The van der Waals surface area contributed by atoms with Crippen LogP contribution in [0.3, 0.4) is 0 Å². The number of nitrogens with one attached hydrogen (secondary N) is 2. The molecule has 0 saturated carbocycles. The van der Waals surface area contributed by atoms with Gasteiger partial charge in [-0.2, -0.15) is 5.26 Å². The Morgan fingerprint density at radius 1 is 1.54 bits per heavy atom. The molecule has 8 nitrogen and oxygen atoms in total. The molecule has 24 heavy (non-hydrogen) atoms. The van der Waals surface area contributed by atoms with Crippen LogP contribution in [0.4, 0.5) is 5.69 Å². The summed E-state index contributed by atoms with van der Waals surface area (Å²) in [6, 6.07) is 3.58. The number of aromatic carboxylic acids is 1. The number of pyridine rings is 1. The van der Waals surface area contributed by atoms with Crippen molar-refractivity contribution in [1.29, 1.82) is 5.26 Å². The normalized spacial score (nSPS) is 17.5. The van der Waals surface area contributed by atoms with E-state index in [4.69, 9.17) is 5.26 Å². The maximum atomic E-state index is 11.9. The zero-order valence-electron chi connectivity index (χ0n) is 13.0. The number of nitriles is 1. The molecule has 3 N–H and O–H groups in total. The number of hydrogen-bond acceptors (Lipinski definition) is 5. The van der Waals surface area contributed by atoms with Crippen LogP contribution >= 0.6 is 0 Å². The third-order valence-corrected chi connectivity index (χ3v) is 4.17. The number of piperidine rings is 1. The molecule has 1 fully saturated rings. The first-order valence-electron chi connectivity index (χ1n) is 7.70. The lowest BCUT2D eigenvalue weighted by atomic mass is 10.0. The summed E-state index contributed by atoms with van der Waals surface area (Å²) in [7, 11) is 0. The third-order valence-electron chi connectivity index (χ3n) is 4.17. The number of amides is 1. The van der Waals surface area contributed by atoms with Gasteiger partial charge in [-0.3, -0.25) is 4.79 Å². The average Bonchev–Trinajstić information content (AvgIpc) is 3.04. The quantitative estimate of drug-likeness (QED) is 0.783. The summed E-state index contributed by atoms with van der Waals surface area (Å²) in [4.78, 5) is 32.1. The number of H-pyrrole nitrogens is 1. The number of fused-ring (bicyclic) bond motifs is 1. The van der Waals surface area contributed by atoms with E-state index in [0.717, 1.165) is 12.8 Å². The van der Waals surface area contributed by atoms with Gasteiger partial charge in [-0.1, -0.05) is 0 Å². The Labute approximate surface area is 138 Å². The highest BCUT2D eigenvalue weighted by Gasteiger charge is 2.25. The summed E-state index contributed by atoms with van der Waals surface area (Å²) in [5.74, 6) is -1.25. The Morgan fingerprint density at radius 2 is 2.38 bits per heavy atom. The van der Waals surface area contributed by atoms with Crippen molar-refractivity contribution in [2.24, 2.45) is 0 Å². The molecule has 8 heteroatoms. The zero-order valence-corrected chi connectivity index (χ0v) is 13.0. The number of carbonyl (C=O) groups is 2. The minimum Gasteiger partial charge on any atom is -0.478 e. The maximum absolute atomic E-state index is 11.9. The van der Waals surface area contributed by atoms with Crippen molar-refractivity contribution in [2.75, 3.05) is 18.4 Å². The molecule has 0 unspecified atom stereocenters. The number of aromatic amines is 1. The number of aromatic nitrogens is 2. The SMILES string of the molecule is N#CCC(=O)N1CCC[C@H](Nc2c(C(=O)O)cnc3[nH]ccc23)C1. The molecule has 1 atom stereocenters. The van der Waals surface area contributed by atoms with E-state index in [1.165, 1.54) is 6.20 Å². The van der Waals surface area contributed by atoms with E-state index in [1.807, 2.05) is 6.07 Å². The number of carboxylic acids is 1. The number of nitrogens with zero attached hydrogens (tertiary/aromatic N) is 3. The first kappa shape index (κ1) is 15.8. The van der Waals surface area contributed by atoms with Crippen LogP contribution < -0.4 is 5.32 Å². The fourth-order valence-corrected chi connectivity index (χ4v) is 3.03. The highest BCUT2D eigenvalue weighted by atomic mass is 16.4. The molecule has 1 aliphatic rings. The lowest BCUT2D eigenvalue weighted by molar-refractivity contribution is -0.131. The van der Waals surface area contributed by atoms with Crippen molar-refractivity contribution in [2.45, 2.75) is 25.3 Å². The molecule has 0 bridgehead atoms. The second-order valence-corrected chi connectivity index (χ2v) is 5.75. The van der Waals surface area contributed by atoms with Gasteiger partial charge in [-0.25, -0.2) is 9.78 Å². The molecule has 1 aliphatic heterocycles.